The summed E-state index contributed by atoms with van der Waals surface area (Å²) in [6, 6.07) is 4.74. The van der Waals surface area contributed by atoms with E-state index in [9.17, 15) is 13.4 Å². The predicted octanol–water partition coefficient (Wildman–Crippen LogP) is 3.33. The van der Waals surface area contributed by atoms with Gasteiger partial charge in [-0.15, -0.1) is 0 Å². The van der Waals surface area contributed by atoms with Crippen molar-refractivity contribution in [2.75, 3.05) is 18.0 Å². The molecule has 8 nitrogen and oxygen atoms in total. The van der Waals surface area contributed by atoms with Crippen LogP contribution in [0.15, 0.2) is 23.0 Å². The van der Waals surface area contributed by atoms with Crippen molar-refractivity contribution >= 4 is 50.6 Å². The summed E-state index contributed by atoms with van der Waals surface area (Å²) in [7, 11) is -1.29. The molecule has 0 bridgehead atoms. The maximum Gasteiger partial charge on any atom is 0.264 e. The second-order valence-corrected chi connectivity index (χ2v) is 13.0. The van der Waals surface area contributed by atoms with Gasteiger partial charge in [-0.05, 0) is 91.3 Å². The van der Waals surface area contributed by atoms with Crippen LogP contribution in [-0.4, -0.2) is 42.2 Å². The van der Waals surface area contributed by atoms with Crippen LogP contribution >= 0.6 is 22.6 Å². The molecule has 0 amide bonds. The predicted molar refractivity (Wildman–Crippen MR) is 135 cm³/mol. The standard InChI is InChI=1S/C22H26FIN6O2S/c1-21(2,3)33(32)29-16-14-10-13(23)5-4-12(14)11-22(16)6-8-30(9-7-22)20-25-18-15(19(31)26-20)17(24)27-28-18/h4-5,10,16,29H,6-9,11H2,1-3H3,(H2,25,26,27,28,31)/t16-,33+/m1/s1. The number of hydrogen-bond donors (Lipinski definition) is 3. The number of nitrogens with zero attached hydrogens (tertiary/aromatic N) is 3. The highest BCUT2D eigenvalue weighted by Gasteiger charge is 2.49. The van der Waals surface area contributed by atoms with Crippen molar-refractivity contribution in [3.05, 3.63) is 49.2 Å². The molecule has 5 rings (SSSR count). The molecule has 0 radical (unpaired) electrons. The normalized spacial score (nSPS) is 21.0. The Morgan fingerprint density at radius 3 is 2.73 bits per heavy atom. The molecule has 1 saturated heterocycles. The molecule has 11 heteroatoms. The highest BCUT2D eigenvalue weighted by Crippen LogP contribution is 2.52. The summed E-state index contributed by atoms with van der Waals surface area (Å²) < 4.78 is 30.8. The lowest BCUT2D eigenvalue weighted by atomic mass is 9.73. The summed E-state index contributed by atoms with van der Waals surface area (Å²) in [4.78, 5) is 22.1. The van der Waals surface area contributed by atoms with Crippen molar-refractivity contribution in [1.29, 1.82) is 0 Å². The zero-order valence-electron chi connectivity index (χ0n) is 18.7. The third-order valence-electron chi connectivity index (χ3n) is 6.78. The molecule has 1 fully saturated rings. The zero-order valence-corrected chi connectivity index (χ0v) is 21.6. The van der Waals surface area contributed by atoms with Crippen molar-refractivity contribution in [2.45, 2.75) is 50.8 Å². The van der Waals surface area contributed by atoms with Crippen molar-refractivity contribution in [2.24, 2.45) is 5.41 Å². The molecule has 0 saturated carbocycles. The second-order valence-electron chi connectivity index (χ2n) is 9.93. The molecule has 2 aromatic heterocycles. The second kappa shape index (κ2) is 8.12. The van der Waals surface area contributed by atoms with Gasteiger partial charge in [-0.1, -0.05) is 6.07 Å². The summed E-state index contributed by atoms with van der Waals surface area (Å²) >= 11 is 2.04. The quantitative estimate of drug-likeness (QED) is 0.410. The number of halogens is 2. The molecular formula is C22H26FIN6O2S. The third-order valence-corrected chi connectivity index (χ3v) is 9.12. The van der Waals surface area contributed by atoms with Crippen molar-refractivity contribution in [3.63, 3.8) is 0 Å². The number of rotatable bonds is 3. The summed E-state index contributed by atoms with van der Waals surface area (Å²) in [6.45, 7) is 7.14. The van der Waals surface area contributed by atoms with E-state index in [1.165, 1.54) is 6.07 Å². The van der Waals surface area contributed by atoms with Crippen molar-refractivity contribution in [1.82, 2.24) is 24.9 Å². The van der Waals surface area contributed by atoms with E-state index in [-0.39, 0.29) is 22.8 Å². The smallest absolute Gasteiger partial charge is 0.264 e. The first-order valence-corrected chi connectivity index (χ1v) is 13.2. The van der Waals surface area contributed by atoms with E-state index in [1.54, 1.807) is 6.07 Å². The lowest BCUT2D eigenvalue weighted by molar-refractivity contribution is 0.177. The molecular weight excluding hydrogens is 558 g/mol. The Kier molecular flexibility index (Phi) is 5.64. The largest absolute Gasteiger partial charge is 0.342 e. The number of aromatic amines is 2. The van der Waals surface area contributed by atoms with Gasteiger partial charge in [-0.2, -0.15) is 10.1 Å². The lowest BCUT2D eigenvalue weighted by Gasteiger charge is -2.44. The minimum Gasteiger partial charge on any atom is -0.342 e. The zero-order chi connectivity index (χ0) is 23.5. The van der Waals surface area contributed by atoms with Crippen molar-refractivity contribution in [3.8, 4) is 0 Å². The van der Waals surface area contributed by atoms with Gasteiger partial charge in [0.15, 0.2) is 5.65 Å². The topological polar surface area (TPSA) is 107 Å². The number of anilines is 1. The molecule has 3 heterocycles. The van der Waals surface area contributed by atoms with Gasteiger partial charge in [0.05, 0.1) is 21.8 Å². The number of benzene rings is 1. The van der Waals surface area contributed by atoms with Crippen LogP contribution in [0.1, 0.15) is 50.8 Å². The van der Waals surface area contributed by atoms with Gasteiger partial charge in [0, 0.05) is 13.1 Å². The van der Waals surface area contributed by atoms with Crippen LogP contribution in [-0.2, 0) is 17.4 Å². The molecule has 33 heavy (non-hydrogen) atoms. The summed E-state index contributed by atoms with van der Waals surface area (Å²) in [5.41, 5.74) is 2.02. The van der Waals surface area contributed by atoms with E-state index in [2.05, 4.69) is 29.8 Å². The molecule has 1 aliphatic heterocycles. The molecule has 2 aliphatic rings. The Morgan fingerprint density at radius 1 is 1.30 bits per heavy atom. The Hall–Kier alpha value is -1.86. The summed E-state index contributed by atoms with van der Waals surface area (Å²) in [5, 5.41) is 7.41. The number of H-pyrrole nitrogens is 2. The van der Waals surface area contributed by atoms with Gasteiger partial charge < -0.3 is 4.90 Å². The number of nitrogens with one attached hydrogen (secondary N) is 3. The number of fused-ring (bicyclic) bond motifs is 2. The SMILES string of the molecule is CC(C)(C)[S@](=O)N[C@@H]1c2cc(F)ccc2CC12CCN(c1nc3n[nH]c(I)c3c(=O)[nH]1)CC2. The number of hydrogen-bond acceptors (Lipinski definition) is 5. The van der Waals surface area contributed by atoms with E-state index in [1.807, 2.05) is 49.4 Å². The van der Waals surface area contributed by atoms with Gasteiger partial charge in [0.1, 0.15) is 14.9 Å². The molecule has 3 aromatic rings. The van der Waals surface area contributed by atoms with Crippen LogP contribution in [0.3, 0.4) is 0 Å². The van der Waals surface area contributed by atoms with E-state index < -0.39 is 15.7 Å². The van der Waals surface area contributed by atoms with Gasteiger partial charge in [0.2, 0.25) is 5.95 Å². The maximum atomic E-state index is 14.2. The molecule has 1 spiro atoms. The summed E-state index contributed by atoms with van der Waals surface area (Å²) in [5.74, 6) is 0.231. The molecule has 0 unspecified atom stereocenters. The lowest BCUT2D eigenvalue weighted by Crippen LogP contribution is -2.48. The monoisotopic (exact) mass is 584 g/mol. The van der Waals surface area contributed by atoms with Crippen molar-refractivity contribution < 1.29 is 8.60 Å². The molecule has 3 N–H and O–H groups in total. The highest BCUT2D eigenvalue weighted by molar-refractivity contribution is 14.1. The van der Waals surface area contributed by atoms with Crippen LogP contribution in [0.25, 0.3) is 11.0 Å². The Balaban J connectivity index is 1.43. The van der Waals surface area contributed by atoms with Crippen LogP contribution < -0.4 is 15.2 Å². The van der Waals surface area contributed by atoms with Crippen LogP contribution in [0, 0.1) is 14.9 Å². The first-order chi connectivity index (χ1) is 15.6. The van der Waals surface area contributed by atoms with Crippen LogP contribution in [0.5, 0.6) is 0 Å². The average Bonchev–Trinajstić information content (AvgIpc) is 3.26. The number of aromatic nitrogens is 4. The molecule has 1 aromatic carbocycles. The van der Waals surface area contributed by atoms with Crippen LogP contribution in [0.4, 0.5) is 10.3 Å². The van der Waals surface area contributed by atoms with Gasteiger partial charge in [0.25, 0.3) is 5.56 Å². The summed E-state index contributed by atoms with van der Waals surface area (Å²) in [6.07, 6.45) is 2.39. The fraction of sp³-hybridized carbons (Fsp3) is 0.500. The molecule has 1 aliphatic carbocycles. The van der Waals surface area contributed by atoms with E-state index in [0.29, 0.717) is 33.8 Å². The Bertz CT molecular complexity index is 1310. The number of piperidine rings is 1. The Morgan fingerprint density at radius 2 is 2.03 bits per heavy atom. The first-order valence-electron chi connectivity index (χ1n) is 10.9. The minimum atomic E-state index is -1.29. The van der Waals surface area contributed by atoms with Crippen LogP contribution in [0.2, 0.25) is 0 Å². The molecule has 2 atom stereocenters. The maximum absolute atomic E-state index is 14.2. The first kappa shape index (κ1) is 22.9. The van der Waals surface area contributed by atoms with E-state index in [4.69, 9.17) is 0 Å². The third kappa shape index (κ3) is 4.01. The van der Waals surface area contributed by atoms with E-state index in [0.717, 1.165) is 30.4 Å². The molecule has 176 valence electrons. The Labute approximate surface area is 206 Å². The average molecular weight is 584 g/mol. The van der Waals surface area contributed by atoms with Gasteiger partial charge in [-0.25, -0.2) is 13.3 Å². The van der Waals surface area contributed by atoms with E-state index >= 15 is 0 Å². The fourth-order valence-electron chi connectivity index (χ4n) is 4.94. The highest BCUT2D eigenvalue weighted by atomic mass is 127. The fourth-order valence-corrected chi connectivity index (χ4v) is 6.50. The van der Waals surface area contributed by atoms with Gasteiger partial charge in [-0.3, -0.25) is 14.9 Å². The minimum absolute atomic E-state index is 0.181. The van der Waals surface area contributed by atoms with Gasteiger partial charge >= 0.3 is 0 Å².